The number of amides is 3. The lowest BCUT2D eigenvalue weighted by Crippen LogP contribution is -2.41. The molecule has 0 radical (unpaired) electrons. The molecular weight excluding hydrogens is 318 g/mol. The van der Waals surface area contributed by atoms with Gasteiger partial charge in [-0.25, -0.2) is 0 Å². The largest absolute Gasteiger partial charge is 0.312 e. The third-order valence-electron chi connectivity index (χ3n) is 4.17. The van der Waals surface area contributed by atoms with Gasteiger partial charge in [0.15, 0.2) is 0 Å². The van der Waals surface area contributed by atoms with Gasteiger partial charge in [-0.05, 0) is 43.2 Å². The van der Waals surface area contributed by atoms with Gasteiger partial charge in [0.2, 0.25) is 5.91 Å². The zero-order chi connectivity index (χ0) is 17.8. The average Bonchev–Trinajstić information content (AvgIpc) is 3.06. The molecule has 0 aromatic heterocycles. The van der Waals surface area contributed by atoms with E-state index < -0.39 is 5.91 Å². The number of nitrogens with one attached hydrogen (secondary N) is 2. The fourth-order valence-electron chi connectivity index (χ4n) is 2.82. The number of rotatable bonds is 3. The number of carbonyl (C=O) groups is 3. The van der Waals surface area contributed by atoms with Crippen molar-refractivity contribution in [2.24, 2.45) is 0 Å². The van der Waals surface area contributed by atoms with E-state index in [1.165, 1.54) is 0 Å². The second-order valence-corrected chi connectivity index (χ2v) is 5.92. The van der Waals surface area contributed by atoms with Crippen LogP contribution in [0, 0.1) is 6.92 Å². The van der Waals surface area contributed by atoms with Crippen LogP contribution in [-0.2, 0) is 4.79 Å². The number of hydrazine groups is 1. The molecule has 128 valence electrons. The highest BCUT2D eigenvalue weighted by Gasteiger charge is 2.22. The first kappa shape index (κ1) is 16.7. The molecule has 0 unspecified atom stereocenters. The minimum atomic E-state index is -0.435. The molecule has 1 saturated heterocycles. The molecule has 1 fully saturated rings. The molecule has 0 bridgehead atoms. The van der Waals surface area contributed by atoms with E-state index in [-0.39, 0.29) is 11.8 Å². The number of benzene rings is 2. The van der Waals surface area contributed by atoms with Gasteiger partial charge in [0.1, 0.15) is 0 Å². The van der Waals surface area contributed by atoms with Crippen molar-refractivity contribution in [2.45, 2.75) is 19.8 Å². The molecule has 0 atom stereocenters. The maximum absolute atomic E-state index is 12.3. The van der Waals surface area contributed by atoms with Crippen molar-refractivity contribution in [1.29, 1.82) is 0 Å². The Bertz CT molecular complexity index is 832. The van der Waals surface area contributed by atoms with Crippen molar-refractivity contribution >= 4 is 23.4 Å². The Hall–Kier alpha value is -3.15. The standard InChI is InChI=1S/C19H19N3O3/c1-13-6-2-3-9-16(13)19(25)21-20-18(24)14-7-4-8-15(12-14)22-11-5-10-17(22)23/h2-4,6-9,12H,5,10-11H2,1H3,(H,20,24)(H,21,25). The minimum Gasteiger partial charge on any atom is -0.312 e. The summed E-state index contributed by atoms with van der Waals surface area (Å²) >= 11 is 0. The predicted molar refractivity (Wildman–Crippen MR) is 94.1 cm³/mol. The first-order valence-corrected chi connectivity index (χ1v) is 8.13. The van der Waals surface area contributed by atoms with Crippen LogP contribution in [0.25, 0.3) is 0 Å². The van der Waals surface area contributed by atoms with Crippen LogP contribution in [0.2, 0.25) is 0 Å². The second-order valence-electron chi connectivity index (χ2n) is 5.92. The quantitative estimate of drug-likeness (QED) is 0.843. The van der Waals surface area contributed by atoms with Crippen LogP contribution in [-0.4, -0.2) is 24.3 Å². The smallest absolute Gasteiger partial charge is 0.269 e. The van der Waals surface area contributed by atoms with Crippen molar-refractivity contribution in [3.05, 3.63) is 65.2 Å². The Morgan fingerprint density at radius 2 is 1.76 bits per heavy atom. The fourth-order valence-corrected chi connectivity index (χ4v) is 2.82. The summed E-state index contributed by atoms with van der Waals surface area (Å²) in [4.78, 5) is 37.9. The average molecular weight is 337 g/mol. The first-order valence-electron chi connectivity index (χ1n) is 8.13. The Morgan fingerprint density at radius 3 is 2.48 bits per heavy atom. The molecular formula is C19H19N3O3. The van der Waals surface area contributed by atoms with Crippen LogP contribution < -0.4 is 15.8 Å². The number of carbonyl (C=O) groups excluding carboxylic acids is 3. The highest BCUT2D eigenvalue weighted by Crippen LogP contribution is 2.22. The van der Waals surface area contributed by atoms with Crippen LogP contribution in [0.4, 0.5) is 5.69 Å². The Labute approximate surface area is 145 Å². The lowest BCUT2D eigenvalue weighted by Gasteiger charge is -2.16. The van der Waals surface area contributed by atoms with E-state index in [1.54, 1.807) is 41.3 Å². The van der Waals surface area contributed by atoms with E-state index in [2.05, 4.69) is 10.9 Å². The summed E-state index contributed by atoms with van der Waals surface area (Å²) in [7, 11) is 0. The number of aryl methyl sites for hydroxylation is 1. The lowest BCUT2D eigenvalue weighted by atomic mass is 10.1. The number of hydrogen-bond donors (Lipinski definition) is 2. The van der Waals surface area contributed by atoms with Gasteiger partial charge in [-0.15, -0.1) is 0 Å². The van der Waals surface area contributed by atoms with Crippen molar-refractivity contribution in [3.8, 4) is 0 Å². The molecule has 2 aromatic carbocycles. The molecule has 6 nitrogen and oxygen atoms in total. The number of hydrogen-bond acceptors (Lipinski definition) is 3. The number of anilines is 1. The van der Waals surface area contributed by atoms with Gasteiger partial charge in [-0.1, -0.05) is 24.3 Å². The van der Waals surface area contributed by atoms with Crippen LogP contribution in [0.1, 0.15) is 39.1 Å². The summed E-state index contributed by atoms with van der Waals surface area (Å²) in [5.74, 6) is -0.752. The van der Waals surface area contributed by atoms with Gasteiger partial charge in [0.25, 0.3) is 11.8 Å². The Morgan fingerprint density at radius 1 is 1.00 bits per heavy atom. The Kier molecular flexibility index (Phi) is 4.79. The summed E-state index contributed by atoms with van der Waals surface area (Å²) in [5, 5.41) is 0. The van der Waals surface area contributed by atoms with Gasteiger partial charge in [0.05, 0.1) is 0 Å². The molecule has 0 aliphatic carbocycles. The summed E-state index contributed by atoms with van der Waals surface area (Å²) in [6.07, 6.45) is 1.35. The van der Waals surface area contributed by atoms with Crippen molar-refractivity contribution in [2.75, 3.05) is 11.4 Å². The highest BCUT2D eigenvalue weighted by atomic mass is 16.2. The monoisotopic (exact) mass is 337 g/mol. The van der Waals surface area contributed by atoms with Gasteiger partial charge in [-0.2, -0.15) is 0 Å². The molecule has 1 aliphatic heterocycles. The van der Waals surface area contributed by atoms with Gasteiger partial charge in [-0.3, -0.25) is 25.2 Å². The molecule has 3 amide bonds. The summed E-state index contributed by atoms with van der Waals surface area (Å²) < 4.78 is 0. The highest BCUT2D eigenvalue weighted by molar-refractivity contribution is 6.01. The third kappa shape index (κ3) is 3.68. The second kappa shape index (κ2) is 7.17. The molecule has 25 heavy (non-hydrogen) atoms. The SMILES string of the molecule is Cc1ccccc1C(=O)NNC(=O)c1cccc(N2CCCC2=O)c1. The molecule has 1 heterocycles. The molecule has 3 rings (SSSR count). The van der Waals surface area contributed by atoms with E-state index in [0.717, 1.165) is 12.0 Å². The maximum atomic E-state index is 12.3. The molecule has 0 spiro atoms. The van der Waals surface area contributed by atoms with Crippen LogP contribution in [0.5, 0.6) is 0 Å². The molecule has 1 aliphatic rings. The van der Waals surface area contributed by atoms with Crippen molar-refractivity contribution in [3.63, 3.8) is 0 Å². The fraction of sp³-hybridized carbons (Fsp3) is 0.211. The van der Waals surface area contributed by atoms with Gasteiger partial charge in [0, 0.05) is 29.8 Å². The Balaban J connectivity index is 1.66. The minimum absolute atomic E-state index is 0.0606. The van der Waals surface area contributed by atoms with Gasteiger partial charge < -0.3 is 4.90 Å². The van der Waals surface area contributed by atoms with E-state index >= 15 is 0 Å². The van der Waals surface area contributed by atoms with Gasteiger partial charge >= 0.3 is 0 Å². The molecule has 2 N–H and O–H groups in total. The summed E-state index contributed by atoms with van der Waals surface area (Å²) in [6.45, 7) is 2.49. The zero-order valence-corrected chi connectivity index (χ0v) is 13.9. The van der Waals surface area contributed by atoms with E-state index in [4.69, 9.17) is 0 Å². The predicted octanol–water partition coefficient (Wildman–Crippen LogP) is 2.20. The van der Waals surface area contributed by atoms with Crippen molar-refractivity contribution < 1.29 is 14.4 Å². The third-order valence-corrected chi connectivity index (χ3v) is 4.17. The van der Waals surface area contributed by atoms with E-state index in [0.29, 0.717) is 29.8 Å². The maximum Gasteiger partial charge on any atom is 0.269 e. The molecule has 6 heteroatoms. The molecule has 2 aromatic rings. The summed E-state index contributed by atoms with van der Waals surface area (Å²) in [6, 6.07) is 13.9. The topological polar surface area (TPSA) is 78.5 Å². The van der Waals surface area contributed by atoms with Crippen LogP contribution >= 0.6 is 0 Å². The number of nitrogens with zero attached hydrogens (tertiary/aromatic N) is 1. The normalized spacial score (nSPS) is 13.6. The van der Waals surface area contributed by atoms with Crippen LogP contribution in [0.3, 0.4) is 0 Å². The van der Waals surface area contributed by atoms with E-state index in [1.807, 2.05) is 19.1 Å². The summed E-state index contributed by atoms with van der Waals surface area (Å²) in [5.41, 5.74) is 7.22. The van der Waals surface area contributed by atoms with Crippen molar-refractivity contribution in [1.82, 2.24) is 10.9 Å². The zero-order valence-electron chi connectivity index (χ0n) is 13.9. The van der Waals surface area contributed by atoms with Crippen LogP contribution in [0.15, 0.2) is 48.5 Å². The first-order chi connectivity index (χ1) is 12.1. The molecule has 0 saturated carbocycles. The lowest BCUT2D eigenvalue weighted by molar-refractivity contribution is -0.117. The van der Waals surface area contributed by atoms with E-state index in [9.17, 15) is 14.4 Å².